The average Bonchev–Trinajstić information content (AvgIpc) is 3.08. The summed E-state index contributed by atoms with van der Waals surface area (Å²) in [6.07, 6.45) is 1.63. The van der Waals surface area contributed by atoms with E-state index in [1.807, 2.05) is 44.2 Å². The number of nitrogens with one attached hydrogen (secondary N) is 1. The van der Waals surface area contributed by atoms with Gasteiger partial charge in [0.15, 0.2) is 11.5 Å². The average molecular weight is 477 g/mol. The van der Waals surface area contributed by atoms with Crippen molar-refractivity contribution in [3.63, 3.8) is 0 Å². The van der Waals surface area contributed by atoms with E-state index in [1.165, 1.54) is 5.56 Å². The third kappa shape index (κ3) is 5.58. The molecule has 0 radical (unpaired) electrons. The lowest BCUT2D eigenvalue weighted by atomic mass is 10.1. The van der Waals surface area contributed by atoms with Gasteiger partial charge in [-0.3, -0.25) is 9.69 Å². The first-order valence-electron chi connectivity index (χ1n) is 11.0. The molecule has 3 aromatic carbocycles. The molecule has 0 unspecified atom stereocenters. The van der Waals surface area contributed by atoms with Crippen LogP contribution < -0.4 is 14.8 Å². The molecule has 1 heterocycles. The Morgan fingerprint density at radius 3 is 2.32 bits per heavy atom. The molecular formula is C27H25ClN2O4. The Labute approximate surface area is 203 Å². The molecule has 0 saturated carbocycles. The predicted octanol–water partition coefficient (Wildman–Crippen LogP) is 5.72. The summed E-state index contributed by atoms with van der Waals surface area (Å²) in [5.74, 6) is 0.784. The number of nitrogens with zero attached hydrogens (tertiary/aromatic N) is 1. The molecule has 1 N–H and O–H groups in total. The highest BCUT2D eigenvalue weighted by Crippen LogP contribution is 2.30. The highest BCUT2D eigenvalue weighted by molar-refractivity contribution is 6.30. The van der Waals surface area contributed by atoms with Crippen LogP contribution in [0.5, 0.6) is 11.5 Å². The van der Waals surface area contributed by atoms with Gasteiger partial charge in [-0.15, -0.1) is 0 Å². The van der Waals surface area contributed by atoms with Gasteiger partial charge in [0.05, 0.1) is 13.2 Å². The first kappa shape index (κ1) is 23.4. The van der Waals surface area contributed by atoms with Crippen molar-refractivity contribution in [2.75, 3.05) is 6.61 Å². The Bertz CT molecular complexity index is 1220. The topological polar surface area (TPSA) is 67.9 Å². The smallest absolute Gasteiger partial charge is 0.329 e. The van der Waals surface area contributed by atoms with E-state index in [4.69, 9.17) is 21.1 Å². The monoisotopic (exact) mass is 476 g/mol. The first-order valence-corrected chi connectivity index (χ1v) is 11.3. The Hall–Kier alpha value is -3.77. The SMILES string of the molecule is CCOc1cc(/C=C2\NC(=O)N(Cc3ccc(Cl)cc3)C2=O)ccc1OCc1ccc(C)cc1. The van der Waals surface area contributed by atoms with Crippen LogP contribution in [0.2, 0.25) is 5.02 Å². The molecule has 174 valence electrons. The van der Waals surface area contributed by atoms with Gasteiger partial charge < -0.3 is 14.8 Å². The van der Waals surface area contributed by atoms with Gasteiger partial charge in [-0.05, 0) is 60.9 Å². The second-order valence-electron chi connectivity index (χ2n) is 7.92. The number of benzene rings is 3. The molecule has 1 aliphatic heterocycles. The third-order valence-corrected chi connectivity index (χ3v) is 5.56. The maximum Gasteiger partial charge on any atom is 0.329 e. The molecule has 4 rings (SSSR count). The zero-order chi connectivity index (χ0) is 24.1. The van der Waals surface area contributed by atoms with Gasteiger partial charge in [0.1, 0.15) is 12.3 Å². The van der Waals surface area contributed by atoms with Crippen molar-refractivity contribution in [1.29, 1.82) is 0 Å². The lowest BCUT2D eigenvalue weighted by Gasteiger charge is -2.13. The van der Waals surface area contributed by atoms with Crippen LogP contribution >= 0.6 is 11.6 Å². The van der Waals surface area contributed by atoms with Crippen LogP contribution in [0.25, 0.3) is 6.08 Å². The van der Waals surface area contributed by atoms with Crippen LogP contribution in [0.4, 0.5) is 4.79 Å². The lowest BCUT2D eigenvalue weighted by molar-refractivity contribution is -0.123. The molecule has 1 aliphatic rings. The molecule has 7 heteroatoms. The van der Waals surface area contributed by atoms with Crippen molar-refractivity contribution >= 4 is 29.6 Å². The van der Waals surface area contributed by atoms with Crippen LogP contribution in [0.3, 0.4) is 0 Å². The second-order valence-corrected chi connectivity index (χ2v) is 8.36. The minimum atomic E-state index is -0.464. The molecule has 0 bridgehead atoms. The Kier molecular flexibility index (Phi) is 7.18. The number of carbonyl (C=O) groups is 2. The largest absolute Gasteiger partial charge is 0.490 e. The Balaban J connectivity index is 1.49. The van der Waals surface area contributed by atoms with E-state index in [-0.39, 0.29) is 12.2 Å². The fraction of sp³-hybridized carbons (Fsp3) is 0.185. The summed E-state index contributed by atoms with van der Waals surface area (Å²) in [7, 11) is 0. The summed E-state index contributed by atoms with van der Waals surface area (Å²) < 4.78 is 11.7. The van der Waals surface area contributed by atoms with Crippen molar-refractivity contribution in [3.8, 4) is 11.5 Å². The number of urea groups is 1. The number of ether oxygens (including phenoxy) is 2. The van der Waals surface area contributed by atoms with Crippen LogP contribution in [-0.4, -0.2) is 23.4 Å². The highest BCUT2D eigenvalue weighted by atomic mass is 35.5. The normalized spacial score (nSPS) is 14.4. The number of rotatable bonds is 8. The van der Waals surface area contributed by atoms with Gasteiger partial charge in [0.25, 0.3) is 5.91 Å². The van der Waals surface area contributed by atoms with Crippen LogP contribution in [-0.2, 0) is 17.9 Å². The van der Waals surface area contributed by atoms with E-state index in [9.17, 15) is 9.59 Å². The van der Waals surface area contributed by atoms with Gasteiger partial charge in [-0.25, -0.2) is 4.79 Å². The number of hydrogen-bond acceptors (Lipinski definition) is 4. The number of imide groups is 1. The number of hydrogen-bond donors (Lipinski definition) is 1. The molecule has 3 aromatic rings. The van der Waals surface area contributed by atoms with Crippen LogP contribution in [0.15, 0.2) is 72.4 Å². The van der Waals surface area contributed by atoms with Gasteiger partial charge >= 0.3 is 6.03 Å². The number of carbonyl (C=O) groups excluding carboxylic acids is 2. The lowest BCUT2D eigenvalue weighted by Crippen LogP contribution is -2.30. The fourth-order valence-electron chi connectivity index (χ4n) is 3.50. The van der Waals surface area contributed by atoms with E-state index in [0.29, 0.717) is 35.3 Å². The molecule has 34 heavy (non-hydrogen) atoms. The zero-order valence-corrected chi connectivity index (χ0v) is 19.8. The first-order chi connectivity index (χ1) is 16.4. The van der Waals surface area contributed by atoms with Crippen molar-refractivity contribution < 1.29 is 19.1 Å². The van der Waals surface area contributed by atoms with Gasteiger partial charge in [-0.2, -0.15) is 0 Å². The van der Waals surface area contributed by atoms with E-state index in [1.54, 1.807) is 42.5 Å². The summed E-state index contributed by atoms with van der Waals surface area (Å²) in [6, 6.07) is 20.1. The summed E-state index contributed by atoms with van der Waals surface area (Å²) in [5.41, 5.74) is 3.97. The van der Waals surface area contributed by atoms with Gasteiger partial charge in [0, 0.05) is 5.02 Å². The van der Waals surface area contributed by atoms with Gasteiger partial charge in [-0.1, -0.05) is 59.6 Å². The molecule has 0 spiro atoms. The highest BCUT2D eigenvalue weighted by Gasteiger charge is 2.33. The van der Waals surface area contributed by atoms with Crippen molar-refractivity contribution in [3.05, 3.63) is 99.7 Å². The molecule has 0 aliphatic carbocycles. The van der Waals surface area contributed by atoms with Crippen molar-refractivity contribution in [1.82, 2.24) is 10.2 Å². The summed E-state index contributed by atoms with van der Waals surface area (Å²) in [5, 5.41) is 3.25. The number of aryl methyl sites for hydroxylation is 1. The molecule has 1 saturated heterocycles. The fourth-order valence-corrected chi connectivity index (χ4v) is 3.63. The molecule has 0 aromatic heterocycles. The summed E-state index contributed by atoms with van der Waals surface area (Å²) in [6.45, 7) is 4.97. The second kappa shape index (κ2) is 10.4. The maximum atomic E-state index is 12.8. The summed E-state index contributed by atoms with van der Waals surface area (Å²) >= 11 is 5.91. The van der Waals surface area contributed by atoms with Crippen LogP contribution in [0, 0.1) is 6.92 Å². The predicted molar refractivity (Wildman–Crippen MR) is 132 cm³/mol. The third-order valence-electron chi connectivity index (χ3n) is 5.31. The van der Waals surface area contributed by atoms with E-state index >= 15 is 0 Å². The van der Waals surface area contributed by atoms with Crippen molar-refractivity contribution in [2.45, 2.75) is 27.0 Å². The quantitative estimate of drug-likeness (QED) is 0.333. The Morgan fingerprint density at radius 1 is 0.912 bits per heavy atom. The minimum Gasteiger partial charge on any atom is -0.490 e. The van der Waals surface area contributed by atoms with Crippen molar-refractivity contribution in [2.24, 2.45) is 0 Å². The van der Waals surface area contributed by atoms with E-state index < -0.39 is 11.9 Å². The molecule has 6 nitrogen and oxygen atoms in total. The maximum absolute atomic E-state index is 12.8. The molecular weight excluding hydrogens is 452 g/mol. The van der Waals surface area contributed by atoms with Crippen LogP contribution in [0.1, 0.15) is 29.2 Å². The Morgan fingerprint density at radius 2 is 1.62 bits per heavy atom. The van der Waals surface area contributed by atoms with E-state index in [0.717, 1.165) is 16.0 Å². The zero-order valence-electron chi connectivity index (χ0n) is 19.0. The van der Waals surface area contributed by atoms with Gasteiger partial charge in [0.2, 0.25) is 0 Å². The minimum absolute atomic E-state index is 0.162. The number of amides is 3. The van der Waals surface area contributed by atoms with E-state index in [2.05, 4.69) is 5.32 Å². The summed E-state index contributed by atoms with van der Waals surface area (Å²) in [4.78, 5) is 26.4. The molecule has 0 atom stereocenters. The standard InChI is InChI=1S/C27H25ClN2O4/c1-3-33-25-15-21(10-13-24(25)34-17-20-6-4-18(2)5-7-20)14-23-26(31)30(27(32)29-23)16-19-8-11-22(28)12-9-19/h4-15H,3,16-17H2,1-2H3,(H,29,32)/b23-14-. The number of halogens is 1. The molecule has 3 amide bonds. The molecule has 1 fully saturated rings.